The Bertz CT molecular complexity index is 120. The smallest absolute Gasteiger partial charge is 0.0321 e. The summed E-state index contributed by atoms with van der Waals surface area (Å²) >= 11 is 0. The van der Waals surface area contributed by atoms with Crippen LogP contribution in [0.5, 0.6) is 0 Å². The fourth-order valence-electron chi connectivity index (χ4n) is 0.933. The number of rotatable bonds is 4. The zero-order valence-electron chi connectivity index (χ0n) is 8.65. The molecule has 0 aromatic rings. The van der Waals surface area contributed by atoms with Gasteiger partial charge in [-0.2, -0.15) is 0 Å². The summed E-state index contributed by atoms with van der Waals surface area (Å²) in [5.74, 6) is 1.70. The van der Waals surface area contributed by atoms with E-state index < -0.39 is 0 Å². The zero-order valence-corrected chi connectivity index (χ0v) is 8.65. The van der Waals surface area contributed by atoms with E-state index in [9.17, 15) is 0 Å². The molecule has 0 N–H and O–H groups in total. The average Bonchev–Trinajstić information content (AvgIpc) is 1.99. The summed E-state index contributed by atoms with van der Waals surface area (Å²) in [5.41, 5.74) is 1.53. The first-order valence-electron chi connectivity index (χ1n) is 4.69. The Hall–Kier alpha value is -0.260. The summed E-state index contributed by atoms with van der Waals surface area (Å²) in [5, 5.41) is 0. The molecule has 0 fully saturated rings. The highest BCUT2D eigenvalue weighted by Gasteiger charge is 2.05. The first kappa shape index (κ1) is 10.7. The monoisotopic (exact) mass is 154 g/mol. The molecule has 0 bridgehead atoms. The minimum absolute atomic E-state index is 0.833. The van der Waals surface area contributed by atoms with E-state index in [1.54, 1.807) is 0 Å². The molecule has 0 heterocycles. The SMILES string of the molecule is C/C=C(\C)CCC(C)C(C)C. The summed E-state index contributed by atoms with van der Waals surface area (Å²) in [6, 6.07) is 0. The average molecular weight is 154 g/mol. The van der Waals surface area contributed by atoms with Gasteiger partial charge in [0.2, 0.25) is 0 Å². The summed E-state index contributed by atoms with van der Waals surface area (Å²) in [6.45, 7) is 11.3. The highest BCUT2D eigenvalue weighted by molar-refractivity contribution is 4.95. The lowest BCUT2D eigenvalue weighted by molar-refractivity contribution is 0.392. The first-order chi connectivity index (χ1) is 5.07. The van der Waals surface area contributed by atoms with Gasteiger partial charge in [-0.15, -0.1) is 0 Å². The molecule has 0 amide bonds. The molecule has 0 aromatic heterocycles. The quantitative estimate of drug-likeness (QED) is 0.536. The van der Waals surface area contributed by atoms with Crippen LogP contribution in [0.15, 0.2) is 11.6 Å². The Morgan fingerprint density at radius 1 is 1.27 bits per heavy atom. The second kappa shape index (κ2) is 5.40. The van der Waals surface area contributed by atoms with Crippen LogP contribution >= 0.6 is 0 Å². The maximum Gasteiger partial charge on any atom is -0.0321 e. The number of allylic oxidation sites excluding steroid dienone is 2. The third kappa shape index (κ3) is 5.06. The van der Waals surface area contributed by atoms with Crippen LogP contribution in [0.2, 0.25) is 0 Å². The standard InChI is InChI=1S/C11H22/c1-6-10(4)7-8-11(5)9(2)3/h6,9,11H,7-8H2,1-5H3/b10-6+. The van der Waals surface area contributed by atoms with Crippen molar-refractivity contribution in [1.29, 1.82) is 0 Å². The van der Waals surface area contributed by atoms with Crippen LogP contribution in [-0.2, 0) is 0 Å². The van der Waals surface area contributed by atoms with Crippen molar-refractivity contribution in [3.63, 3.8) is 0 Å². The van der Waals surface area contributed by atoms with Gasteiger partial charge in [-0.3, -0.25) is 0 Å². The van der Waals surface area contributed by atoms with E-state index in [0.29, 0.717) is 0 Å². The maximum atomic E-state index is 2.34. The molecule has 0 saturated heterocycles. The van der Waals surface area contributed by atoms with Crippen molar-refractivity contribution in [2.75, 3.05) is 0 Å². The van der Waals surface area contributed by atoms with Gasteiger partial charge >= 0.3 is 0 Å². The van der Waals surface area contributed by atoms with Crippen molar-refractivity contribution in [1.82, 2.24) is 0 Å². The molecule has 1 unspecified atom stereocenters. The zero-order chi connectivity index (χ0) is 8.85. The van der Waals surface area contributed by atoms with E-state index in [4.69, 9.17) is 0 Å². The summed E-state index contributed by atoms with van der Waals surface area (Å²) in [4.78, 5) is 0. The molecule has 11 heavy (non-hydrogen) atoms. The summed E-state index contributed by atoms with van der Waals surface area (Å²) < 4.78 is 0. The van der Waals surface area contributed by atoms with Gasteiger partial charge in [0.1, 0.15) is 0 Å². The Kier molecular flexibility index (Phi) is 5.27. The van der Waals surface area contributed by atoms with Gasteiger partial charge in [-0.05, 0) is 38.5 Å². The molecular formula is C11H22. The minimum atomic E-state index is 0.833. The predicted octanol–water partition coefficient (Wildman–Crippen LogP) is 4.02. The summed E-state index contributed by atoms with van der Waals surface area (Å²) in [7, 11) is 0. The van der Waals surface area contributed by atoms with Crippen molar-refractivity contribution < 1.29 is 0 Å². The van der Waals surface area contributed by atoms with E-state index in [2.05, 4.69) is 40.7 Å². The van der Waals surface area contributed by atoms with Crippen LogP contribution in [0.4, 0.5) is 0 Å². The van der Waals surface area contributed by atoms with E-state index >= 15 is 0 Å². The molecule has 66 valence electrons. The molecule has 0 aliphatic rings. The fourth-order valence-corrected chi connectivity index (χ4v) is 0.933. The molecule has 1 atom stereocenters. The Balaban J connectivity index is 3.54. The Morgan fingerprint density at radius 3 is 2.18 bits per heavy atom. The van der Waals surface area contributed by atoms with Crippen LogP contribution < -0.4 is 0 Å². The lowest BCUT2D eigenvalue weighted by Crippen LogP contribution is -2.03. The molecule has 0 heteroatoms. The van der Waals surface area contributed by atoms with Gasteiger partial charge in [0, 0.05) is 0 Å². The Labute approximate surface area is 71.7 Å². The van der Waals surface area contributed by atoms with E-state index in [-0.39, 0.29) is 0 Å². The van der Waals surface area contributed by atoms with Gasteiger partial charge in [0.15, 0.2) is 0 Å². The van der Waals surface area contributed by atoms with Crippen LogP contribution in [0.25, 0.3) is 0 Å². The third-order valence-electron chi connectivity index (χ3n) is 2.62. The van der Waals surface area contributed by atoms with Crippen molar-refractivity contribution >= 4 is 0 Å². The lowest BCUT2D eigenvalue weighted by Gasteiger charge is -2.14. The van der Waals surface area contributed by atoms with Gasteiger partial charge in [-0.25, -0.2) is 0 Å². The molecule has 0 nitrogen and oxygen atoms in total. The van der Waals surface area contributed by atoms with Crippen LogP contribution in [0.1, 0.15) is 47.5 Å². The van der Waals surface area contributed by atoms with E-state index in [1.807, 2.05) is 0 Å². The van der Waals surface area contributed by atoms with E-state index in [0.717, 1.165) is 11.8 Å². The predicted molar refractivity (Wildman–Crippen MR) is 52.7 cm³/mol. The normalized spacial score (nSPS) is 15.6. The number of hydrogen-bond acceptors (Lipinski definition) is 0. The van der Waals surface area contributed by atoms with Gasteiger partial charge in [0.05, 0.1) is 0 Å². The third-order valence-corrected chi connectivity index (χ3v) is 2.62. The van der Waals surface area contributed by atoms with E-state index in [1.165, 1.54) is 18.4 Å². The fraction of sp³-hybridized carbons (Fsp3) is 0.818. The molecule has 0 spiro atoms. The molecule has 0 radical (unpaired) electrons. The lowest BCUT2D eigenvalue weighted by atomic mass is 9.92. The molecular weight excluding hydrogens is 132 g/mol. The summed E-state index contributed by atoms with van der Waals surface area (Å²) in [6.07, 6.45) is 4.83. The molecule has 0 saturated carbocycles. The van der Waals surface area contributed by atoms with Crippen molar-refractivity contribution in [3.05, 3.63) is 11.6 Å². The van der Waals surface area contributed by atoms with Crippen LogP contribution in [0.3, 0.4) is 0 Å². The molecule has 0 aliphatic carbocycles. The Morgan fingerprint density at radius 2 is 1.82 bits per heavy atom. The van der Waals surface area contributed by atoms with Crippen LogP contribution in [0, 0.1) is 11.8 Å². The second-order valence-electron chi connectivity index (χ2n) is 3.90. The van der Waals surface area contributed by atoms with Crippen molar-refractivity contribution in [2.45, 2.75) is 47.5 Å². The molecule has 0 aliphatic heterocycles. The maximum absolute atomic E-state index is 2.34. The molecule has 0 aromatic carbocycles. The number of hydrogen-bond donors (Lipinski definition) is 0. The van der Waals surface area contributed by atoms with Crippen molar-refractivity contribution in [2.24, 2.45) is 11.8 Å². The van der Waals surface area contributed by atoms with Gasteiger partial charge in [-0.1, -0.05) is 32.4 Å². The van der Waals surface area contributed by atoms with Crippen molar-refractivity contribution in [3.8, 4) is 0 Å². The first-order valence-corrected chi connectivity index (χ1v) is 4.69. The highest BCUT2D eigenvalue weighted by atomic mass is 14.1. The van der Waals surface area contributed by atoms with Gasteiger partial charge in [0.25, 0.3) is 0 Å². The van der Waals surface area contributed by atoms with Gasteiger partial charge < -0.3 is 0 Å². The minimum Gasteiger partial charge on any atom is -0.0887 e. The highest BCUT2D eigenvalue weighted by Crippen LogP contribution is 2.18. The second-order valence-corrected chi connectivity index (χ2v) is 3.90. The van der Waals surface area contributed by atoms with Crippen LogP contribution in [-0.4, -0.2) is 0 Å². The largest absolute Gasteiger partial charge is 0.0887 e. The molecule has 0 rings (SSSR count). The topological polar surface area (TPSA) is 0 Å².